The zero-order chi connectivity index (χ0) is 12.4. The highest BCUT2D eigenvalue weighted by atomic mass is 16.5. The highest BCUT2D eigenvalue weighted by Crippen LogP contribution is 2.23. The second-order valence-electron chi connectivity index (χ2n) is 4.31. The van der Waals surface area contributed by atoms with Crippen molar-refractivity contribution in [2.45, 2.75) is 13.5 Å². The van der Waals surface area contributed by atoms with Gasteiger partial charge in [-0.15, -0.1) is 0 Å². The topological polar surface area (TPSA) is 22.4 Å². The van der Waals surface area contributed by atoms with Gasteiger partial charge in [0.1, 0.15) is 23.7 Å². The quantitative estimate of drug-likeness (QED) is 0.678. The fourth-order valence-electron chi connectivity index (χ4n) is 2.00. The molecule has 2 aromatic carbocycles. The molecule has 0 aliphatic rings. The summed E-state index contributed by atoms with van der Waals surface area (Å²) >= 11 is 0. The summed E-state index contributed by atoms with van der Waals surface area (Å²) in [6.07, 6.45) is 0. The summed E-state index contributed by atoms with van der Waals surface area (Å²) in [5.74, 6) is 1.71. The van der Waals surface area contributed by atoms with Crippen LogP contribution >= 0.6 is 0 Å². The fraction of sp³-hybridized carbons (Fsp3) is 0.125. The lowest BCUT2D eigenvalue weighted by atomic mass is 10.2. The minimum Gasteiger partial charge on any atom is -0.486 e. The molecule has 0 atom stereocenters. The maximum Gasteiger partial charge on any atom is 0.146 e. The lowest BCUT2D eigenvalue weighted by Gasteiger charge is -2.02. The molecule has 3 aromatic rings. The molecule has 0 fully saturated rings. The van der Waals surface area contributed by atoms with Crippen LogP contribution in [0.1, 0.15) is 11.3 Å². The molecule has 0 bridgehead atoms. The molecule has 1 heterocycles. The van der Waals surface area contributed by atoms with Crippen LogP contribution in [0.5, 0.6) is 5.75 Å². The number of para-hydroxylation sites is 2. The summed E-state index contributed by atoms with van der Waals surface area (Å²) in [6, 6.07) is 17.9. The predicted molar refractivity (Wildman–Crippen MR) is 71.7 cm³/mol. The van der Waals surface area contributed by atoms with Gasteiger partial charge in [0.2, 0.25) is 0 Å². The van der Waals surface area contributed by atoms with Gasteiger partial charge in [0.25, 0.3) is 0 Å². The van der Waals surface area contributed by atoms with Crippen LogP contribution in [0.25, 0.3) is 11.0 Å². The molecule has 0 saturated carbocycles. The van der Waals surface area contributed by atoms with E-state index in [0.717, 1.165) is 28.0 Å². The summed E-state index contributed by atoms with van der Waals surface area (Å²) in [7, 11) is 0. The highest BCUT2D eigenvalue weighted by molar-refractivity contribution is 5.80. The van der Waals surface area contributed by atoms with Crippen molar-refractivity contribution in [1.82, 2.24) is 0 Å². The van der Waals surface area contributed by atoms with Crippen molar-refractivity contribution in [3.05, 3.63) is 65.9 Å². The van der Waals surface area contributed by atoms with E-state index in [4.69, 9.17) is 9.15 Å². The third-order valence-electron chi connectivity index (χ3n) is 2.92. The Bertz CT molecular complexity index is 653. The van der Waals surface area contributed by atoms with Crippen LogP contribution < -0.4 is 4.74 Å². The van der Waals surface area contributed by atoms with Crippen molar-refractivity contribution in [3.63, 3.8) is 0 Å². The Morgan fingerprint density at radius 3 is 2.61 bits per heavy atom. The molecule has 90 valence electrons. The zero-order valence-electron chi connectivity index (χ0n) is 10.2. The van der Waals surface area contributed by atoms with Crippen molar-refractivity contribution in [1.29, 1.82) is 0 Å². The number of furan rings is 1. The molecule has 0 aliphatic carbocycles. The van der Waals surface area contributed by atoms with Crippen molar-refractivity contribution >= 4 is 11.0 Å². The van der Waals surface area contributed by atoms with Crippen molar-refractivity contribution in [2.75, 3.05) is 0 Å². The number of hydrogen-bond acceptors (Lipinski definition) is 2. The Kier molecular flexibility index (Phi) is 2.77. The number of hydrogen-bond donors (Lipinski definition) is 0. The first-order valence-electron chi connectivity index (χ1n) is 5.99. The van der Waals surface area contributed by atoms with Gasteiger partial charge in [-0.05, 0) is 30.7 Å². The molecule has 0 spiro atoms. The second kappa shape index (κ2) is 4.57. The molecule has 0 unspecified atom stereocenters. The third kappa shape index (κ3) is 2.09. The number of aryl methyl sites for hydroxylation is 1. The van der Waals surface area contributed by atoms with Crippen LogP contribution in [-0.2, 0) is 6.61 Å². The van der Waals surface area contributed by atoms with Gasteiger partial charge < -0.3 is 9.15 Å². The number of ether oxygens (including phenoxy) is 1. The molecule has 0 N–H and O–H groups in total. The van der Waals surface area contributed by atoms with Crippen LogP contribution in [-0.4, -0.2) is 0 Å². The Morgan fingerprint density at radius 2 is 1.83 bits per heavy atom. The molecule has 0 aliphatic heterocycles. The minimum absolute atomic E-state index is 0.456. The normalized spacial score (nSPS) is 10.7. The van der Waals surface area contributed by atoms with Gasteiger partial charge >= 0.3 is 0 Å². The number of benzene rings is 2. The van der Waals surface area contributed by atoms with E-state index >= 15 is 0 Å². The third-order valence-corrected chi connectivity index (χ3v) is 2.92. The molecule has 2 heteroatoms. The maximum absolute atomic E-state index is 5.80. The first-order chi connectivity index (χ1) is 8.83. The number of rotatable bonds is 3. The van der Waals surface area contributed by atoms with Gasteiger partial charge in [-0.2, -0.15) is 0 Å². The lowest BCUT2D eigenvalue weighted by molar-refractivity contribution is 0.274. The van der Waals surface area contributed by atoms with Gasteiger partial charge in [0, 0.05) is 5.39 Å². The fourth-order valence-corrected chi connectivity index (χ4v) is 2.00. The van der Waals surface area contributed by atoms with E-state index in [9.17, 15) is 0 Å². The van der Waals surface area contributed by atoms with Gasteiger partial charge in [0.15, 0.2) is 0 Å². The largest absolute Gasteiger partial charge is 0.486 e. The lowest BCUT2D eigenvalue weighted by Crippen LogP contribution is -1.92. The van der Waals surface area contributed by atoms with Gasteiger partial charge in [-0.25, -0.2) is 0 Å². The molecular formula is C16H14O2. The van der Waals surface area contributed by atoms with E-state index in [-0.39, 0.29) is 0 Å². The first kappa shape index (κ1) is 10.9. The average Bonchev–Trinajstić information content (AvgIpc) is 2.82. The monoisotopic (exact) mass is 238 g/mol. The predicted octanol–water partition coefficient (Wildman–Crippen LogP) is 4.32. The molecule has 3 rings (SSSR count). The van der Waals surface area contributed by atoms with E-state index in [2.05, 4.69) is 6.07 Å². The maximum atomic E-state index is 5.80. The summed E-state index contributed by atoms with van der Waals surface area (Å²) in [5, 5.41) is 1.13. The minimum atomic E-state index is 0.456. The standard InChI is InChI=1S/C16H14O2/c1-12-6-5-7-13-10-15(18-16(12)13)11-17-14-8-3-2-4-9-14/h2-10H,11H2,1H3. The molecule has 2 nitrogen and oxygen atoms in total. The SMILES string of the molecule is Cc1cccc2cc(COc3ccccc3)oc12. The molecule has 0 amide bonds. The van der Waals surface area contributed by atoms with E-state index < -0.39 is 0 Å². The Morgan fingerprint density at radius 1 is 1.00 bits per heavy atom. The first-order valence-corrected chi connectivity index (χ1v) is 5.99. The van der Waals surface area contributed by atoms with Crippen molar-refractivity contribution < 1.29 is 9.15 Å². The van der Waals surface area contributed by atoms with E-state index in [1.807, 2.05) is 55.5 Å². The number of fused-ring (bicyclic) bond motifs is 1. The second-order valence-corrected chi connectivity index (χ2v) is 4.31. The Hall–Kier alpha value is -2.22. The smallest absolute Gasteiger partial charge is 0.146 e. The van der Waals surface area contributed by atoms with Crippen LogP contribution in [0.3, 0.4) is 0 Å². The van der Waals surface area contributed by atoms with Crippen molar-refractivity contribution in [3.8, 4) is 5.75 Å². The van der Waals surface area contributed by atoms with Crippen LogP contribution in [0.2, 0.25) is 0 Å². The molecule has 0 saturated heterocycles. The van der Waals surface area contributed by atoms with E-state index in [0.29, 0.717) is 6.61 Å². The summed E-state index contributed by atoms with van der Waals surface area (Å²) < 4.78 is 11.5. The molecular weight excluding hydrogens is 224 g/mol. The molecule has 1 aromatic heterocycles. The van der Waals surface area contributed by atoms with Crippen molar-refractivity contribution in [2.24, 2.45) is 0 Å². The Balaban J connectivity index is 1.81. The highest BCUT2D eigenvalue weighted by Gasteiger charge is 2.06. The van der Waals surface area contributed by atoms with E-state index in [1.54, 1.807) is 0 Å². The van der Waals surface area contributed by atoms with Gasteiger partial charge in [-0.1, -0.05) is 36.4 Å². The summed E-state index contributed by atoms with van der Waals surface area (Å²) in [6.45, 7) is 2.51. The summed E-state index contributed by atoms with van der Waals surface area (Å²) in [5.41, 5.74) is 2.10. The molecule has 0 radical (unpaired) electrons. The van der Waals surface area contributed by atoms with Gasteiger partial charge in [0.05, 0.1) is 0 Å². The van der Waals surface area contributed by atoms with Gasteiger partial charge in [-0.3, -0.25) is 0 Å². The van der Waals surface area contributed by atoms with Crippen LogP contribution in [0.15, 0.2) is 59.0 Å². The van der Waals surface area contributed by atoms with Crippen LogP contribution in [0, 0.1) is 6.92 Å². The average molecular weight is 238 g/mol. The van der Waals surface area contributed by atoms with Crippen LogP contribution in [0.4, 0.5) is 0 Å². The van der Waals surface area contributed by atoms with E-state index in [1.165, 1.54) is 0 Å². The summed E-state index contributed by atoms with van der Waals surface area (Å²) in [4.78, 5) is 0. The molecule has 18 heavy (non-hydrogen) atoms. The Labute approximate surface area is 106 Å². The zero-order valence-corrected chi connectivity index (χ0v) is 10.2.